The third kappa shape index (κ3) is 4.13. The van der Waals surface area contributed by atoms with E-state index in [1.165, 1.54) is 5.56 Å². The lowest BCUT2D eigenvalue weighted by Gasteiger charge is -2.43. The Labute approximate surface area is 144 Å². The van der Waals surface area contributed by atoms with Gasteiger partial charge < -0.3 is 10.2 Å². The van der Waals surface area contributed by atoms with Crippen molar-refractivity contribution in [3.8, 4) is 0 Å². The summed E-state index contributed by atoms with van der Waals surface area (Å²) < 4.78 is 0. The third-order valence-electron chi connectivity index (χ3n) is 4.74. The summed E-state index contributed by atoms with van der Waals surface area (Å²) in [5, 5.41) is 19.6. The summed E-state index contributed by atoms with van der Waals surface area (Å²) in [6, 6.07) is 8.52. The van der Waals surface area contributed by atoms with E-state index in [1.807, 2.05) is 6.07 Å². The topological polar surface area (TPSA) is 46.9 Å². The molecule has 0 spiro atoms. The van der Waals surface area contributed by atoms with Gasteiger partial charge in [-0.2, -0.15) is 0 Å². The van der Waals surface area contributed by atoms with Crippen LogP contribution >= 0.6 is 24.8 Å². The molecule has 0 radical (unpaired) electrons. The second-order valence-electron chi connectivity index (χ2n) is 5.85. The summed E-state index contributed by atoms with van der Waals surface area (Å²) >= 11 is 0. The molecule has 0 aromatic heterocycles. The molecule has 2 atom stereocenters. The van der Waals surface area contributed by atoms with Crippen LogP contribution in [0.15, 0.2) is 24.3 Å². The molecular formula is C16H26Cl2N2O2. The molecule has 1 aliphatic carbocycles. The Morgan fingerprint density at radius 2 is 1.73 bits per heavy atom. The lowest BCUT2D eigenvalue weighted by atomic mass is 9.85. The van der Waals surface area contributed by atoms with Gasteiger partial charge in [-0.25, -0.2) is 0 Å². The molecule has 1 aromatic rings. The van der Waals surface area contributed by atoms with Crippen molar-refractivity contribution in [2.24, 2.45) is 0 Å². The summed E-state index contributed by atoms with van der Waals surface area (Å²) in [4.78, 5) is 4.72. The molecule has 126 valence electrons. The molecular weight excluding hydrogens is 323 g/mol. The van der Waals surface area contributed by atoms with Crippen LogP contribution in [0.25, 0.3) is 0 Å². The zero-order valence-electron chi connectivity index (χ0n) is 12.7. The molecule has 3 rings (SSSR count). The van der Waals surface area contributed by atoms with Gasteiger partial charge in [-0.15, -0.1) is 24.8 Å². The number of benzene rings is 1. The minimum absolute atomic E-state index is 0. The Morgan fingerprint density at radius 1 is 1.05 bits per heavy atom. The number of hydrogen-bond donors (Lipinski definition) is 2. The molecule has 1 heterocycles. The molecule has 1 aromatic carbocycles. The third-order valence-corrected chi connectivity index (χ3v) is 4.74. The fraction of sp³-hybridized carbons (Fsp3) is 0.625. The van der Waals surface area contributed by atoms with Crippen molar-refractivity contribution in [2.45, 2.75) is 25.0 Å². The molecule has 1 fully saturated rings. The Hall–Kier alpha value is -0.360. The number of piperazine rings is 1. The van der Waals surface area contributed by atoms with Crippen molar-refractivity contribution in [1.29, 1.82) is 0 Å². The van der Waals surface area contributed by atoms with Crippen molar-refractivity contribution < 1.29 is 10.2 Å². The second kappa shape index (κ2) is 9.06. The lowest BCUT2D eigenvalue weighted by molar-refractivity contribution is 0.00595. The van der Waals surface area contributed by atoms with E-state index in [9.17, 15) is 5.11 Å². The number of hydrogen-bond acceptors (Lipinski definition) is 4. The molecule has 0 amide bonds. The first-order valence-corrected chi connectivity index (χ1v) is 7.62. The van der Waals surface area contributed by atoms with Crippen LogP contribution in [0.1, 0.15) is 23.7 Å². The molecule has 0 unspecified atom stereocenters. The van der Waals surface area contributed by atoms with Crippen molar-refractivity contribution in [1.82, 2.24) is 9.80 Å². The van der Waals surface area contributed by atoms with Gasteiger partial charge in [0.05, 0.1) is 12.7 Å². The van der Waals surface area contributed by atoms with Gasteiger partial charge in [-0.3, -0.25) is 9.80 Å². The first-order valence-electron chi connectivity index (χ1n) is 7.62. The van der Waals surface area contributed by atoms with Crippen LogP contribution in [0.3, 0.4) is 0 Å². The van der Waals surface area contributed by atoms with E-state index < -0.39 is 0 Å². The zero-order chi connectivity index (χ0) is 13.9. The summed E-state index contributed by atoms with van der Waals surface area (Å²) in [5.74, 6) is 0. The average Bonchev–Trinajstić information content (AvgIpc) is 2.49. The van der Waals surface area contributed by atoms with Gasteiger partial charge in [0.25, 0.3) is 0 Å². The first-order chi connectivity index (χ1) is 9.79. The monoisotopic (exact) mass is 348 g/mol. The Bertz CT molecular complexity index is 454. The lowest BCUT2D eigenvalue weighted by Crippen LogP contribution is -2.53. The quantitative estimate of drug-likeness (QED) is 0.868. The zero-order valence-corrected chi connectivity index (χ0v) is 14.4. The van der Waals surface area contributed by atoms with E-state index in [-0.39, 0.29) is 43.6 Å². The van der Waals surface area contributed by atoms with E-state index in [4.69, 9.17) is 5.11 Å². The Kier molecular flexibility index (Phi) is 8.11. The van der Waals surface area contributed by atoms with Crippen molar-refractivity contribution in [2.75, 3.05) is 39.3 Å². The number of β-amino-alcohol motifs (C(OH)–C–C–N with tert-alkyl or cyclic N) is 1. The molecule has 6 heteroatoms. The predicted octanol–water partition coefficient (Wildman–Crippen LogP) is 1.49. The highest BCUT2D eigenvalue weighted by molar-refractivity contribution is 5.85. The Morgan fingerprint density at radius 3 is 2.41 bits per heavy atom. The van der Waals surface area contributed by atoms with E-state index in [2.05, 4.69) is 28.0 Å². The minimum atomic E-state index is -0.357. The van der Waals surface area contributed by atoms with E-state index >= 15 is 0 Å². The smallest absolute Gasteiger partial charge is 0.0947 e. The van der Waals surface area contributed by atoms with Crippen molar-refractivity contribution >= 4 is 24.8 Å². The van der Waals surface area contributed by atoms with E-state index in [1.54, 1.807) is 0 Å². The second-order valence-corrected chi connectivity index (χ2v) is 5.85. The summed E-state index contributed by atoms with van der Waals surface area (Å²) in [6.45, 7) is 4.97. The maximum absolute atomic E-state index is 10.6. The van der Waals surface area contributed by atoms with Crippen molar-refractivity contribution in [3.63, 3.8) is 0 Å². The number of nitrogens with zero attached hydrogens (tertiary/aromatic N) is 2. The molecule has 2 N–H and O–H groups in total. The SMILES string of the molecule is Cl.Cl.OCCN1CCN([C@@H]2CCc3ccccc3[C@H]2O)CC1. The molecule has 0 saturated carbocycles. The van der Waals surface area contributed by atoms with Crippen LogP contribution in [-0.2, 0) is 6.42 Å². The highest BCUT2D eigenvalue weighted by Gasteiger charge is 2.33. The molecule has 2 aliphatic rings. The number of aliphatic hydroxyl groups excluding tert-OH is 2. The van der Waals surface area contributed by atoms with E-state index in [0.29, 0.717) is 0 Å². The Balaban J connectivity index is 0.00000121. The van der Waals surface area contributed by atoms with Gasteiger partial charge in [-0.05, 0) is 24.0 Å². The number of aryl methyl sites for hydroxylation is 1. The van der Waals surface area contributed by atoms with Gasteiger partial charge in [0.1, 0.15) is 0 Å². The molecule has 1 saturated heterocycles. The van der Waals surface area contributed by atoms with Crippen molar-refractivity contribution in [3.05, 3.63) is 35.4 Å². The van der Waals surface area contributed by atoms with Gasteiger partial charge >= 0.3 is 0 Å². The number of aliphatic hydroxyl groups is 2. The van der Waals surface area contributed by atoms with Crippen LogP contribution in [0.5, 0.6) is 0 Å². The number of fused-ring (bicyclic) bond motifs is 1. The maximum Gasteiger partial charge on any atom is 0.0947 e. The fourth-order valence-corrected chi connectivity index (χ4v) is 3.56. The van der Waals surface area contributed by atoms with Crippen LogP contribution in [0.4, 0.5) is 0 Å². The maximum atomic E-state index is 10.6. The number of halogens is 2. The van der Waals surface area contributed by atoms with Crippen LogP contribution in [0, 0.1) is 0 Å². The predicted molar refractivity (Wildman–Crippen MR) is 93.1 cm³/mol. The molecule has 4 nitrogen and oxygen atoms in total. The molecule has 1 aliphatic heterocycles. The van der Waals surface area contributed by atoms with Crippen LogP contribution < -0.4 is 0 Å². The molecule has 22 heavy (non-hydrogen) atoms. The highest BCUT2D eigenvalue weighted by Crippen LogP contribution is 2.33. The van der Waals surface area contributed by atoms with Gasteiger partial charge in [0.2, 0.25) is 0 Å². The highest BCUT2D eigenvalue weighted by atomic mass is 35.5. The van der Waals surface area contributed by atoms with Gasteiger partial charge in [0, 0.05) is 38.8 Å². The average molecular weight is 349 g/mol. The first kappa shape index (κ1) is 19.7. The standard InChI is InChI=1S/C16H24N2O2.2ClH/c19-12-11-17-7-9-18(10-8-17)15-6-5-13-3-1-2-4-14(13)16(15)20;;/h1-4,15-16,19-20H,5-12H2;2*1H/t15-,16-;;/m1../s1. The number of rotatable bonds is 3. The normalized spacial score (nSPS) is 25.7. The summed E-state index contributed by atoms with van der Waals surface area (Å²) in [7, 11) is 0. The molecule has 0 bridgehead atoms. The summed E-state index contributed by atoms with van der Waals surface area (Å²) in [6.07, 6.45) is 1.75. The van der Waals surface area contributed by atoms with Crippen LogP contribution in [-0.4, -0.2) is 65.4 Å². The van der Waals surface area contributed by atoms with Crippen LogP contribution in [0.2, 0.25) is 0 Å². The van der Waals surface area contributed by atoms with Gasteiger partial charge in [-0.1, -0.05) is 24.3 Å². The van der Waals surface area contributed by atoms with E-state index in [0.717, 1.165) is 51.1 Å². The fourth-order valence-electron chi connectivity index (χ4n) is 3.56. The largest absolute Gasteiger partial charge is 0.395 e. The minimum Gasteiger partial charge on any atom is -0.395 e. The summed E-state index contributed by atoms with van der Waals surface area (Å²) in [5.41, 5.74) is 2.41. The van der Waals surface area contributed by atoms with Gasteiger partial charge in [0.15, 0.2) is 0 Å².